The Kier molecular flexibility index (Phi) is 10.4. The van der Waals surface area contributed by atoms with E-state index in [-0.39, 0.29) is 24.0 Å². The summed E-state index contributed by atoms with van der Waals surface area (Å²) < 4.78 is 5.84. The third kappa shape index (κ3) is 7.84. The monoisotopic (exact) mass is 536 g/mol. The second-order valence-electron chi connectivity index (χ2n) is 6.45. The summed E-state index contributed by atoms with van der Waals surface area (Å²) in [6.07, 6.45) is 2.60. The van der Waals surface area contributed by atoms with Gasteiger partial charge < -0.3 is 15.4 Å². The number of guanidine groups is 1. The molecule has 0 bridgehead atoms. The number of hydrogen-bond donors (Lipinski definition) is 2. The van der Waals surface area contributed by atoms with Crippen LogP contribution in [0.5, 0.6) is 5.75 Å². The van der Waals surface area contributed by atoms with Gasteiger partial charge in [-0.3, -0.25) is 9.98 Å². The van der Waals surface area contributed by atoms with E-state index in [2.05, 4.69) is 26.7 Å². The highest BCUT2D eigenvalue weighted by atomic mass is 127. The Hall–Kier alpha value is -2.32. The van der Waals surface area contributed by atoms with Crippen LogP contribution >= 0.6 is 35.6 Å². The molecule has 0 aliphatic rings. The number of rotatable bonds is 8. The van der Waals surface area contributed by atoms with Crippen molar-refractivity contribution >= 4 is 41.5 Å². The zero-order valence-corrected chi connectivity index (χ0v) is 19.9. The second-order valence-corrected chi connectivity index (χ2v) is 6.86. The van der Waals surface area contributed by atoms with Crippen molar-refractivity contribution in [1.29, 1.82) is 0 Å². The Bertz CT molecular complexity index is 937. The van der Waals surface area contributed by atoms with E-state index in [1.165, 1.54) is 0 Å². The lowest BCUT2D eigenvalue weighted by molar-refractivity contribution is 0.301. The second kappa shape index (κ2) is 13.1. The van der Waals surface area contributed by atoms with E-state index in [0.717, 1.165) is 46.5 Å². The zero-order chi connectivity index (χ0) is 20.3. The largest absolute Gasteiger partial charge is 0.487 e. The molecule has 0 fully saturated rings. The minimum Gasteiger partial charge on any atom is -0.487 e. The van der Waals surface area contributed by atoms with Gasteiger partial charge in [0, 0.05) is 31.4 Å². The highest BCUT2D eigenvalue weighted by molar-refractivity contribution is 14.0. The van der Waals surface area contributed by atoms with Gasteiger partial charge in [-0.25, -0.2) is 0 Å². The smallest absolute Gasteiger partial charge is 0.191 e. The molecule has 0 unspecified atom stereocenters. The lowest BCUT2D eigenvalue weighted by atomic mass is 10.1. The molecular formula is C23H26ClIN4O. The first-order valence-electron chi connectivity index (χ1n) is 9.54. The Labute approximate surface area is 200 Å². The van der Waals surface area contributed by atoms with Gasteiger partial charge in [0.2, 0.25) is 0 Å². The van der Waals surface area contributed by atoms with Gasteiger partial charge in [-0.05, 0) is 47.9 Å². The summed E-state index contributed by atoms with van der Waals surface area (Å²) in [7, 11) is 1.76. The number of nitrogens with one attached hydrogen (secondary N) is 2. The van der Waals surface area contributed by atoms with Gasteiger partial charge in [0.05, 0.1) is 5.69 Å². The maximum atomic E-state index is 6.20. The summed E-state index contributed by atoms with van der Waals surface area (Å²) in [6.45, 7) is 1.84. The van der Waals surface area contributed by atoms with Crippen molar-refractivity contribution in [3.63, 3.8) is 0 Å². The number of aliphatic imine (C=N–C) groups is 1. The normalized spacial score (nSPS) is 10.8. The van der Waals surface area contributed by atoms with Crippen LogP contribution in [0.3, 0.4) is 0 Å². The van der Waals surface area contributed by atoms with Crippen molar-refractivity contribution in [1.82, 2.24) is 15.6 Å². The molecule has 0 radical (unpaired) electrons. The summed E-state index contributed by atoms with van der Waals surface area (Å²) in [5.74, 6) is 1.56. The lowest BCUT2D eigenvalue weighted by Gasteiger charge is -2.13. The maximum absolute atomic E-state index is 6.20. The molecule has 0 saturated heterocycles. The summed E-state index contributed by atoms with van der Waals surface area (Å²) in [4.78, 5) is 8.55. The van der Waals surface area contributed by atoms with E-state index >= 15 is 0 Å². The fourth-order valence-electron chi connectivity index (χ4n) is 2.81. The number of ether oxygens (including phenoxy) is 1. The van der Waals surface area contributed by atoms with Crippen LogP contribution in [0.25, 0.3) is 0 Å². The highest BCUT2D eigenvalue weighted by Crippen LogP contribution is 2.15. The van der Waals surface area contributed by atoms with E-state index in [4.69, 9.17) is 16.3 Å². The number of nitrogens with zero attached hydrogens (tertiary/aromatic N) is 2. The van der Waals surface area contributed by atoms with Crippen LogP contribution in [0, 0.1) is 0 Å². The standard InChI is InChI=1S/C23H25ClN4O.HI/c1-25-23(27-14-12-19-8-2-3-11-22(19)24)28-16-18-7-6-10-21(15-18)29-17-20-9-4-5-13-26-20;/h2-11,13,15H,12,14,16-17H2,1H3,(H2,25,27,28);1H. The molecular weight excluding hydrogens is 511 g/mol. The summed E-state index contributed by atoms with van der Waals surface area (Å²) in [5.41, 5.74) is 3.13. The average Bonchev–Trinajstić information content (AvgIpc) is 2.77. The summed E-state index contributed by atoms with van der Waals surface area (Å²) in [6, 6.07) is 21.7. The topological polar surface area (TPSA) is 58.5 Å². The number of hydrogen-bond acceptors (Lipinski definition) is 3. The van der Waals surface area contributed by atoms with E-state index in [0.29, 0.717) is 13.2 Å². The van der Waals surface area contributed by atoms with Crippen molar-refractivity contribution in [2.24, 2.45) is 4.99 Å². The Morgan fingerprint density at radius 3 is 2.63 bits per heavy atom. The molecule has 3 rings (SSSR count). The molecule has 30 heavy (non-hydrogen) atoms. The fraction of sp³-hybridized carbons (Fsp3) is 0.217. The van der Waals surface area contributed by atoms with Crippen molar-refractivity contribution in [3.05, 3.63) is 94.8 Å². The molecule has 0 amide bonds. The van der Waals surface area contributed by atoms with Crippen molar-refractivity contribution in [3.8, 4) is 5.75 Å². The number of pyridine rings is 1. The fourth-order valence-corrected chi connectivity index (χ4v) is 3.04. The average molecular weight is 537 g/mol. The molecule has 2 N–H and O–H groups in total. The molecule has 3 aromatic rings. The van der Waals surface area contributed by atoms with Crippen molar-refractivity contribution < 1.29 is 4.74 Å². The van der Waals surface area contributed by atoms with Crippen LogP contribution in [0.2, 0.25) is 5.02 Å². The van der Waals surface area contributed by atoms with Crippen LogP contribution in [-0.4, -0.2) is 24.5 Å². The summed E-state index contributed by atoms with van der Waals surface area (Å²) >= 11 is 6.20. The number of aromatic nitrogens is 1. The molecule has 0 saturated carbocycles. The molecule has 0 atom stereocenters. The van der Waals surface area contributed by atoms with Crippen LogP contribution in [0.15, 0.2) is 77.9 Å². The summed E-state index contributed by atoms with van der Waals surface area (Å²) in [5, 5.41) is 7.43. The van der Waals surface area contributed by atoms with E-state index in [9.17, 15) is 0 Å². The molecule has 0 aliphatic heterocycles. The van der Waals surface area contributed by atoms with Crippen LogP contribution in [-0.2, 0) is 19.6 Å². The van der Waals surface area contributed by atoms with E-state index < -0.39 is 0 Å². The van der Waals surface area contributed by atoms with Crippen LogP contribution < -0.4 is 15.4 Å². The Morgan fingerprint density at radius 2 is 1.87 bits per heavy atom. The predicted octanol–water partition coefficient (Wildman–Crippen LogP) is 4.84. The molecule has 1 heterocycles. The van der Waals surface area contributed by atoms with Crippen molar-refractivity contribution in [2.75, 3.05) is 13.6 Å². The minimum absolute atomic E-state index is 0. The molecule has 1 aromatic heterocycles. The van der Waals surface area contributed by atoms with Gasteiger partial charge in [0.15, 0.2) is 5.96 Å². The SMILES string of the molecule is CN=C(NCCc1ccccc1Cl)NCc1cccc(OCc2ccccn2)c1.I. The van der Waals surface area contributed by atoms with Gasteiger partial charge in [0.25, 0.3) is 0 Å². The maximum Gasteiger partial charge on any atom is 0.191 e. The minimum atomic E-state index is 0. The molecule has 7 heteroatoms. The third-order valence-electron chi connectivity index (χ3n) is 4.34. The number of benzene rings is 2. The Balaban J connectivity index is 0.00000320. The van der Waals surface area contributed by atoms with Gasteiger partial charge in [-0.15, -0.1) is 24.0 Å². The Morgan fingerprint density at radius 1 is 1.03 bits per heavy atom. The van der Waals surface area contributed by atoms with E-state index in [1.807, 2.05) is 60.7 Å². The van der Waals surface area contributed by atoms with E-state index in [1.54, 1.807) is 13.2 Å². The molecule has 0 aliphatic carbocycles. The molecule has 2 aromatic carbocycles. The predicted molar refractivity (Wildman–Crippen MR) is 134 cm³/mol. The van der Waals surface area contributed by atoms with Gasteiger partial charge in [-0.2, -0.15) is 0 Å². The van der Waals surface area contributed by atoms with Crippen LogP contribution in [0.1, 0.15) is 16.8 Å². The van der Waals surface area contributed by atoms with Crippen LogP contribution in [0.4, 0.5) is 0 Å². The molecule has 5 nitrogen and oxygen atoms in total. The third-order valence-corrected chi connectivity index (χ3v) is 4.71. The number of halogens is 2. The highest BCUT2D eigenvalue weighted by Gasteiger charge is 2.03. The first-order valence-corrected chi connectivity index (χ1v) is 9.92. The first-order chi connectivity index (χ1) is 14.2. The first kappa shape index (κ1) is 24.0. The lowest BCUT2D eigenvalue weighted by Crippen LogP contribution is -2.37. The van der Waals surface area contributed by atoms with Gasteiger partial charge in [-0.1, -0.05) is 48.0 Å². The van der Waals surface area contributed by atoms with Crippen molar-refractivity contribution in [2.45, 2.75) is 19.6 Å². The molecule has 0 spiro atoms. The van der Waals surface area contributed by atoms with Gasteiger partial charge >= 0.3 is 0 Å². The quantitative estimate of drug-likeness (QED) is 0.246. The van der Waals surface area contributed by atoms with Gasteiger partial charge in [0.1, 0.15) is 12.4 Å². The zero-order valence-electron chi connectivity index (χ0n) is 16.8. The molecule has 158 valence electrons.